The number of aromatic nitrogens is 4. The zero-order valence-corrected chi connectivity index (χ0v) is 16.4. The minimum absolute atomic E-state index is 0.0738. The van der Waals surface area contributed by atoms with Crippen LogP contribution in [0.25, 0.3) is 22.3 Å². The van der Waals surface area contributed by atoms with Crippen molar-refractivity contribution in [2.75, 3.05) is 11.9 Å². The van der Waals surface area contributed by atoms with Crippen LogP contribution in [0.5, 0.6) is 0 Å². The molecule has 0 aromatic carbocycles. The second-order valence-corrected chi connectivity index (χ2v) is 7.66. The van der Waals surface area contributed by atoms with Crippen LogP contribution in [0.15, 0.2) is 30.9 Å². The lowest BCUT2D eigenvalue weighted by Gasteiger charge is -2.15. The summed E-state index contributed by atoms with van der Waals surface area (Å²) in [7, 11) is 0. The number of nitrogens with one attached hydrogen (secondary N) is 3. The highest BCUT2D eigenvalue weighted by atomic mass is 35.5. The quantitative estimate of drug-likeness (QED) is 0.561. The Bertz CT molecular complexity index is 1070. The zero-order valence-electron chi connectivity index (χ0n) is 15.6. The fraction of sp³-hybridized carbons (Fsp3) is 0.368. The van der Waals surface area contributed by atoms with E-state index in [-0.39, 0.29) is 6.04 Å². The van der Waals surface area contributed by atoms with Gasteiger partial charge in [-0.05, 0) is 25.3 Å². The van der Waals surface area contributed by atoms with E-state index in [1.807, 2.05) is 5.32 Å². The van der Waals surface area contributed by atoms with Gasteiger partial charge in [-0.25, -0.2) is 9.97 Å². The van der Waals surface area contributed by atoms with Crippen LogP contribution in [0.4, 0.5) is 19.0 Å². The number of nitrogens with zero attached hydrogens (tertiary/aromatic N) is 3. The molecule has 3 N–H and O–H groups in total. The van der Waals surface area contributed by atoms with Gasteiger partial charge in [-0.2, -0.15) is 13.2 Å². The molecular weight excluding hydrogens is 421 g/mol. The monoisotopic (exact) mass is 438 g/mol. The largest absolute Gasteiger partial charge is 0.405 e. The molecule has 0 aliphatic heterocycles. The van der Waals surface area contributed by atoms with E-state index in [1.54, 1.807) is 30.9 Å². The molecule has 1 aliphatic carbocycles. The van der Waals surface area contributed by atoms with Crippen LogP contribution in [0.1, 0.15) is 19.3 Å². The molecule has 1 aliphatic rings. The van der Waals surface area contributed by atoms with Crippen LogP contribution in [-0.2, 0) is 4.79 Å². The molecule has 1 fully saturated rings. The fourth-order valence-electron chi connectivity index (χ4n) is 3.65. The number of anilines is 1. The Morgan fingerprint density at radius 2 is 2.10 bits per heavy atom. The van der Waals surface area contributed by atoms with Gasteiger partial charge in [-0.3, -0.25) is 9.78 Å². The van der Waals surface area contributed by atoms with E-state index in [1.165, 1.54) is 0 Å². The maximum Gasteiger partial charge on any atom is 0.405 e. The molecule has 1 amide bonds. The molecule has 0 unspecified atom stereocenters. The first-order valence-electron chi connectivity index (χ1n) is 9.34. The first-order chi connectivity index (χ1) is 14.3. The number of hydrogen-bond acceptors (Lipinski definition) is 5. The summed E-state index contributed by atoms with van der Waals surface area (Å²) in [5.41, 5.74) is 2.10. The molecule has 4 rings (SSSR count). The van der Waals surface area contributed by atoms with Crippen molar-refractivity contribution < 1.29 is 18.0 Å². The highest BCUT2D eigenvalue weighted by Gasteiger charge is 2.33. The van der Waals surface area contributed by atoms with Gasteiger partial charge < -0.3 is 15.6 Å². The van der Waals surface area contributed by atoms with Crippen molar-refractivity contribution in [1.82, 2.24) is 25.3 Å². The van der Waals surface area contributed by atoms with Gasteiger partial charge in [0.2, 0.25) is 5.91 Å². The van der Waals surface area contributed by atoms with E-state index in [0.717, 1.165) is 10.9 Å². The van der Waals surface area contributed by atoms with Crippen molar-refractivity contribution in [2.45, 2.75) is 31.5 Å². The normalized spacial score (nSPS) is 19.2. The van der Waals surface area contributed by atoms with Gasteiger partial charge in [0, 0.05) is 35.3 Å². The summed E-state index contributed by atoms with van der Waals surface area (Å²) in [6.07, 6.45) is 3.71. The second-order valence-electron chi connectivity index (χ2n) is 7.23. The van der Waals surface area contributed by atoms with E-state index in [9.17, 15) is 18.0 Å². The molecule has 2 atom stereocenters. The molecule has 3 aromatic rings. The Hall–Kier alpha value is -2.88. The molecule has 11 heteroatoms. The summed E-state index contributed by atoms with van der Waals surface area (Å²) in [6.45, 7) is -1.31. The van der Waals surface area contributed by atoms with Crippen LogP contribution in [-0.4, -0.2) is 44.6 Å². The summed E-state index contributed by atoms with van der Waals surface area (Å²) < 4.78 is 36.9. The van der Waals surface area contributed by atoms with Gasteiger partial charge in [0.1, 0.15) is 18.0 Å². The minimum atomic E-state index is -4.41. The number of carbonyl (C=O) groups excluding carboxylic acids is 1. The van der Waals surface area contributed by atoms with E-state index < -0.39 is 24.5 Å². The van der Waals surface area contributed by atoms with E-state index in [0.29, 0.717) is 41.4 Å². The molecule has 3 heterocycles. The van der Waals surface area contributed by atoms with Crippen molar-refractivity contribution in [2.24, 2.45) is 5.92 Å². The number of hydrogen-bond donors (Lipinski definition) is 3. The van der Waals surface area contributed by atoms with Gasteiger partial charge in [0.05, 0.1) is 23.1 Å². The third-order valence-corrected chi connectivity index (χ3v) is 5.23. The van der Waals surface area contributed by atoms with Gasteiger partial charge in [0.25, 0.3) is 0 Å². The van der Waals surface area contributed by atoms with Crippen LogP contribution in [0.2, 0.25) is 5.02 Å². The summed E-state index contributed by atoms with van der Waals surface area (Å²) >= 11 is 6.05. The topological polar surface area (TPSA) is 95.6 Å². The number of H-pyrrole nitrogens is 1. The van der Waals surface area contributed by atoms with Gasteiger partial charge in [0.15, 0.2) is 0 Å². The van der Waals surface area contributed by atoms with Crippen molar-refractivity contribution in [3.63, 3.8) is 0 Å². The molecule has 0 bridgehead atoms. The summed E-state index contributed by atoms with van der Waals surface area (Å²) in [6, 6.07) is 1.72. The predicted octanol–water partition coefficient (Wildman–Crippen LogP) is 3.93. The first kappa shape index (κ1) is 20.4. The Labute approximate surface area is 174 Å². The Kier molecular flexibility index (Phi) is 5.50. The van der Waals surface area contributed by atoms with Crippen molar-refractivity contribution in [3.8, 4) is 11.3 Å². The van der Waals surface area contributed by atoms with Gasteiger partial charge in [-0.15, -0.1) is 0 Å². The van der Waals surface area contributed by atoms with E-state index in [4.69, 9.17) is 11.6 Å². The van der Waals surface area contributed by atoms with Gasteiger partial charge >= 0.3 is 6.18 Å². The standard InChI is InChI=1S/C19H18ClF3N6O/c20-11-4-13-14(6-26-17(13)25-5-11)15-7-24-8-16(29-15)28-12-2-1-10(3-12)18(30)27-9-19(21,22)23/h4-8,10,12H,1-3,9H2,(H,25,26)(H,27,30)(H,28,29)/t10-,12-/m1/s1. The smallest absolute Gasteiger partial charge is 0.366 e. The molecule has 0 saturated heterocycles. The average Bonchev–Trinajstić information content (AvgIpc) is 3.32. The van der Waals surface area contributed by atoms with E-state index in [2.05, 4.69) is 25.3 Å². The average molecular weight is 439 g/mol. The molecule has 158 valence electrons. The number of amides is 1. The Balaban J connectivity index is 1.43. The molecule has 7 nitrogen and oxygen atoms in total. The van der Waals surface area contributed by atoms with Crippen LogP contribution in [0, 0.1) is 5.92 Å². The summed E-state index contributed by atoms with van der Waals surface area (Å²) in [5.74, 6) is -0.499. The number of alkyl halides is 3. The summed E-state index contributed by atoms with van der Waals surface area (Å²) in [4.78, 5) is 28.1. The molecular formula is C19H18ClF3N6O. The third kappa shape index (κ3) is 4.64. The Morgan fingerprint density at radius 3 is 2.90 bits per heavy atom. The third-order valence-electron chi connectivity index (χ3n) is 5.03. The van der Waals surface area contributed by atoms with Crippen LogP contribution >= 0.6 is 11.6 Å². The minimum Gasteiger partial charge on any atom is -0.366 e. The molecule has 0 radical (unpaired) electrons. The number of carbonyl (C=O) groups is 1. The molecule has 3 aromatic heterocycles. The lowest BCUT2D eigenvalue weighted by Crippen LogP contribution is -2.37. The maximum absolute atomic E-state index is 12.3. The Morgan fingerprint density at radius 1 is 1.27 bits per heavy atom. The first-order valence-corrected chi connectivity index (χ1v) is 9.72. The maximum atomic E-state index is 12.3. The van der Waals surface area contributed by atoms with Crippen molar-refractivity contribution >= 4 is 34.4 Å². The number of halogens is 4. The number of fused-ring (bicyclic) bond motifs is 1. The van der Waals surface area contributed by atoms with Crippen LogP contribution < -0.4 is 10.6 Å². The fourth-order valence-corrected chi connectivity index (χ4v) is 3.80. The predicted molar refractivity (Wildman–Crippen MR) is 106 cm³/mol. The zero-order chi connectivity index (χ0) is 21.3. The van der Waals surface area contributed by atoms with Crippen molar-refractivity contribution in [3.05, 3.63) is 35.9 Å². The van der Waals surface area contributed by atoms with Crippen molar-refractivity contribution in [1.29, 1.82) is 0 Å². The lowest BCUT2D eigenvalue weighted by molar-refractivity contribution is -0.140. The van der Waals surface area contributed by atoms with Crippen LogP contribution in [0.3, 0.4) is 0 Å². The number of rotatable bonds is 5. The van der Waals surface area contributed by atoms with Gasteiger partial charge in [-0.1, -0.05) is 11.6 Å². The highest BCUT2D eigenvalue weighted by Crippen LogP contribution is 2.30. The number of aromatic amines is 1. The molecule has 30 heavy (non-hydrogen) atoms. The second kappa shape index (κ2) is 8.10. The SMILES string of the molecule is O=C(NCC(F)(F)F)[C@@H]1CC[C@@H](Nc2cncc(-c3c[nH]c4ncc(Cl)cc34)n2)C1. The highest BCUT2D eigenvalue weighted by molar-refractivity contribution is 6.31. The molecule has 1 saturated carbocycles. The number of pyridine rings is 1. The summed E-state index contributed by atoms with van der Waals surface area (Å²) in [5, 5.41) is 6.51. The van der Waals surface area contributed by atoms with E-state index >= 15 is 0 Å². The lowest BCUT2D eigenvalue weighted by atomic mass is 10.1. The molecule has 0 spiro atoms.